The van der Waals surface area contributed by atoms with Crippen LogP contribution in [0.5, 0.6) is 0 Å². The number of nitrogens with one attached hydrogen (secondary N) is 2. The van der Waals surface area contributed by atoms with Crippen molar-refractivity contribution in [3.05, 3.63) is 130 Å². The van der Waals surface area contributed by atoms with Crippen molar-refractivity contribution in [3.63, 3.8) is 0 Å². The van der Waals surface area contributed by atoms with E-state index in [0.29, 0.717) is 46.5 Å². The summed E-state index contributed by atoms with van der Waals surface area (Å²) >= 11 is 0. The Hall–Kier alpha value is -5.24. The van der Waals surface area contributed by atoms with Gasteiger partial charge in [-0.25, -0.2) is 0 Å². The molecule has 8 heteroatoms. The van der Waals surface area contributed by atoms with Crippen LogP contribution in [0.2, 0.25) is 0 Å². The minimum atomic E-state index is -0.269. The van der Waals surface area contributed by atoms with E-state index in [0.717, 1.165) is 68.8 Å². The fourth-order valence-corrected chi connectivity index (χ4v) is 6.36. The minimum Gasteiger partial charge on any atom is -0.372 e. The molecule has 0 aliphatic heterocycles. The molecule has 0 spiro atoms. The van der Waals surface area contributed by atoms with Gasteiger partial charge in [0.1, 0.15) is 0 Å². The maximum atomic E-state index is 13.6. The number of nitrogens with zero attached hydrogens (tertiary/aromatic N) is 2. The normalized spacial score (nSPS) is 10.8. The van der Waals surface area contributed by atoms with Crippen molar-refractivity contribution in [2.45, 2.75) is 60.3 Å². The van der Waals surface area contributed by atoms with Gasteiger partial charge in [0.25, 0.3) is 11.8 Å². The fraction of sp³-hybridized carbons (Fsp3) is 0.349. The Labute approximate surface area is 303 Å². The van der Waals surface area contributed by atoms with Crippen molar-refractivity contribution in [3.8, 4) is 0 Å². The van der Waals surface area contributed by atoms with E-state index in [2.05, 4.69) is 48.1 Å². The molecule has 0 atom stereocenters. The van der Waals surface area contributed by atoms with Gasteiger partial charge in [-0.1, -0.05) is 49.2 Å². The third-order valence-electron chi connectivity index (χ3n) is 9.35. The summed E-state index contributed by atoms with van der Waals surface area (Å²) in [7, 11) is 0. The summed E-state index contributed by atoms with van der Waals surface area (Å²) in [5, 5.41) is 5.94. The van der Waals surface area contributed by atoms with Crippen LogP contribution in [-0.2, 0) is 0 Å². The first-order valence-corrected chi connectivity index (χ1v) is 18.3. The molecule has 268 valence electrons. The first-order chi connectivity index (χ1) is 24.7. The number of carbonyl (C=O) groups is 4. The van der Waals surface area contributed by atoms with Crippen LogP contribution in [0.3, 0.4) is 0 Å². The van der Waals surface area contributed by atoms with Crippen molar-refractivity contribution in [1.82, 2.24) is 10.6 Å². The summed E-state index contributed by atoms with van der Waals surface area (Å²) in [6, 6.07) is 27.3. The molecule has 0 unspecified atom stereocenters. The van der Waals surface area contributed by atoms with Crippen molar-refractivity contribution < 1.29 is 19.2 Å². The lowest BCUT2D eigenvalue weighted by Gasteiger charge is -2.22. The fourth-order valence-electron chi connectivity index (χ4n) is 6.36. The maximum Gasteiger partial charge on any atom is 0.252 e. The van der Waals surface area contributed by atoms with Gasteiger partial charge in [-0.3, -0.25) is 19.2 Å². The van der Waals surface area contributed by atoms with Crippen LogP contribution in [0.25, 0.3) is 0 Å². The molecule has 4 rings (SSSR count). The van der Waals surface area contributed by atoms with Crippen LogP contribution in [0.15, 0.2) is 91.0 Å². The van der Waals surface area contributed by atoms with E-state index in [9.17, 15) is 19.2 Å². The monoisotopic (exact) mass is 688 g/mol. The molecule has 0 heterocycles. The first kappa shape index (κ1) is 38.6. The second-order valence-electron chi connectivity index (χ2n) is 12.6. The molecule has 0 aliphatic rings. The quantitative estimate of drug-likeness (QED) is 0.0769. The van der Waals surface area contributed by atoms with Gasteiger partial charge in [-0.15, -0.1) is 0 Å². The average Bonchev–Trinajstić information content (AvgIpc) is 3.16. The van der Waals surface area contributed by atoms with E-state index in [1.807, 2.05) is 49.4 Å². The van der Waals surface area contributed by atoms with E-state index in [1.165, 1.54) is 0 Å². The summed E-state index contributed by atoms with van der Waals surface area (Å²) < 4.78 is 0. The summed E-state index contributed by atoms with van der Waals surface area (Å²) in [4.78, 5) is 57.6. The van der Waals surface area contributed by atoms with Gasteiger partial charge in [0, 0.05) is 72.9 Å². The van der Waals surface area contributed by atoms with E-state index >= 15 is 0 Å². The zero-order valence-electron chi connectivity index (χ0n) is 30.8. The first-order valence-electron chi connectivity index (χ1n) is 18.3. The van der Waals surface area contributed by atoms with Crippen LogP contribution in [0.1, 0.15) is 112 Å². The Morgan fingerprint density at radius 1 is 0.490 bits per heavy atom. The molecule has 0 bridgehead atoms. The zero-order valence-corrected chi connectivity index (χ0v) is 30.8. The summed E-state index contributed by atoms with van der Waals surface area (Å²) in [5.41, 5.74) is 5.66. The number of hydrogen-bond acceptors (Lipinski definition) is 6. The van der Waals surface area contributed by atoms with E-state index < -0.39 is 0 Å². The van der Waals surface area contributed by atoms with Gasteiger partial charge in [0.2, 0.25) is 0 Å². The van der Waals surface area contributed by atoms with Gasteiger partial charge in [-0.2, -0.15) is 0 Å². The molecule has 0 fully saturated rings. The molecule has 0 radical (unpaired) electrons. The number of amides is 2. The molecule has 51 heavy (non-hydrogen) atoms. The number of unbranched alkanes of at least 4 members (excludes halogenated alkanes) is 3. The lowest BCUT2D eigenvalue weighted by molar-refractivity contribution is 0.0936. The van der Waals surface area contributed by atoms with Crippen molar-refractivity contribution in [1.29, 1.82) is 0 Å². The number of ketones is 2. The van der Waals surface area contributed by atoms with Gasteiger partial charge in [-0.05, 0) is 108 Å². The highest BCUT2D eigenvalue weighted by Gasteiger charge is 2.21. The Balaban J connectivity index is 1.22. The highest BCUT2D eigenvalue weighted by Crippen LogP contribution is 2.23. The highest BCUT2D eigenvalue weighted by atomic mass is 16.2. The third kappa shape index (κ3) is 9.94. The molecular formula is C43H52N4O4. The number of hydrogen-bond donors (Lipinski definition) is 2. The smallest absolute Gasteiger partial charge is 0.252 e. The molecule has 0 saturated heterocycles. The number of aryl methyl sites for hydroxylation is 1. The van der Waals surface area contributed by atoms with Gasteiger partial charge in [0.05, 0.1) is 11.1 Å². The third-order valence-corrected chi connectivity index (χ3v) is 9.35. The second-order valence-corrected chi connectivity index (χ2v) is 12.6. The van der Waals surface area contributed by atoms with Crippen LogP contribution >= 0.6 is 0 Å². The van der Waals surface area contributed by atoms with Crippen molar-refractivity contribution in [2.75, 3.05) is 49.1 Å². The lowest BCUT2D eigenvalue weighted by atomic mass is 9.94. The second kappa shape index (κ2) is 19.2. The van der Waals surface area contributed by atoms with Crippen LogP contribution in [0, 0.1) is 6.92 Å². The van der Waals surface area contributed by atoms with Crippen LogP contribution in [0.4, 0.5) is 11.4 Å². The maximum absolute atomic E-state index is 13.6. The predicted octanol–water partition coefficient (Wildman–Crippen LogP) is 7.87. The number of rotatable bonds is 19. The molecule has 2 N–H and O–H groups in total. The number of anilines is 2. The van der Waals surface area contributed by atoms with Gasteiger partial charge >= 0.3 is 0 Å². The highest BCUT2D eigenvalue weighted by molar-refractivity contribution is 6.16. The predicted molar refractivity (Wildman–Crippen MR) is 208 cm³/mol. The van der Waals surface area contributed by atoms with Gasteiger partial charge in [0.15, 0.2) is 11.6 Å². The Kier molecular flexibility index (Phi) is 14.5. The SMILES string of the molecule is CCN(CC)c1ccc(C(=O)c2ccccc2C(=O)NCCCCCCNC(=O)c2ccccc2C(=O)c2ccc(N(CC)CC)cc2C)cc1. The molecule has 0 saturated carbocycles. The number of carbonyl (C=O) groups excluding carboxylic acids is 4. The van der Waals surface area contributed by atoms with Crippen molar-refractivity contribution in [2.24, 2.45) is 0 Å². The minimum absolute atomic E-state index is 0.164. The van der Waals surface area contributed by atoms with Gasteiger partial charge < -0.3 is 20.4 Å². The van der Waals surface area contributed by atoms with Crippen LogP contribution in [-0.4, -0.2) is 62.6 Å². The molecule has 8 nitrogen and oxygen atoms in total. The topological polar surface area (TPSA) is 98.8 Å². The summed E-state index contributed by atoms with van der Waals surface area (Å²) in [6.45, 7) is 14.8. The zero-order chi connectivity index (χ0) is 36.8. The molecule has 4 aromatic rings. The summed E-state index contributed by atoms with van der Waals surface area (Å²) in [6.07, 6.45) is 3.28. The van der Waals surface area contributed by atoms with Crippen molar-refractivity contribution >= 4 is 34.8 Å². The standard InChI is InChI=1S/C43H52N4O4/c1-6-46(7-2)33-24-22-32(23-25-33)40(48)36-18-12-14-20-38(36)42(50)44-28-16-10-11-17-29-45-43(51)39-21-15-13-19-37(39)41(49)35-27-26-34(30-31(35)5)47(8-3)9-4/h12-15,18-27,30H,6-11,16-17,28-29H2,1-5H3,(H,44,50)(H,45,51). The van der Waals surface area contributed by atoms with E-state index in [-0.39, 0.29) is 23.4 Å². The Morgan fingerprint density at radius 2 is 0.922 bits per heavy atom. The Bertz CT molecular complexity index is 1790. The molecule has 0 aliphatic carbocycles. The lowest BCUT2D eigenvalue weighted by Crippen LogP contribution is -2.27. The molecule has 2 amide bonds. The van der Waals surface area contributed by atoms with E-state index in [1.54, 1.807) is 48.5 Å². The average molecular weight is 689 g/mol. The molecule has 4 aromatic carbocycles. The largest absolute Gasteiger partial charge is 0.372 e. The summed E-state index contributed by atoms with van der Waals surface area (Å²) in [5.74, 6) is -0.880. The number of benzene rings is 4. The molecular weight excluding hydrogens is 636 g/mol. The molecule has 0 aromatic heterocycles. The van der Waals surface area contributed by atoms with E-state index in [4.69, 9.17) is 0 Å². The Morgan fingerprint density at radius 3 is 1.39 bits per heavy atom. The van der Waals surface area contributed by atoms with Crippen LogP contribution < -0.4 is 20.4 Å².